The molecule has 0 amide bonds. The molecule has 0 spiro atoms. The molecule has 7 nitrogen and oxygen atoms in total. The highest BCUT2D eigenvalue weighted by Gasteiger charge is 2.07. The second-order valence-electron chi connectivity index (χ2n) is 5.34. The number of anilines is 2. The van der Waals surface area contributed by atoms with Gasteiger partial charge in [-0.25, -0.2) is 9.97 Å². The SMILES string of the molecule is CN=CC(=CN)c1ccc(N)c(NCc2ccc3ncccc3n2)n1. The molecule has 0 aromatic carbocycles. The lowest BCUT2D eigenvalue weighted by Gasteiger charge is -2.10. The average Bonchev–Trinajstić information content (AvgIpc) is 2.65. The fourth-order valence-corrected chi connectivity index (χ4v) is 2.38. The first kappa shape index (κ1) is 16.4. The van der Waals surface area contributed by atoms with Crippen LogP contribution in [0.1, 0.15) is 11.4 Å². The van der Waals surface area contributed by atoms with Crippen LogP contribution in [0, 0.1) is 0 Å². The van der Waals surface area contributed by atoms with Crippen LogP contribution in [-0.2, 0) is 6.54 Å². The Bertz CT molecular complexity index is 947. The van der Waals surface area contributed by atoms with Crippen molar-refractivity contribution in [3.63, 3.8) is 0 Å². The van der Waals surface area contributed by atoms with Gasteiger partial charge in [-0.15, -0.1) is 0 Å². The van der Waals surface area contributed by atoms with Crippen LogP contribution in [-0.4, -0.2) is 28.2 Å². The minimum Gasteiger partial charge on any atom is -0.404 e. The zero-order valence-corrected chi connectivity index (χ0v) is 13.8. The van der Waals surface area contributed by atoms with E-state index in [2.05, 4.69) is 25.3 Å². The standard InChI is InChI=1S/C18H19N7/c1-21-10-12(9-19)15-7-5-14(20)18(25-15)23-11-13-4-6-16-17(24-13)3-2-8-22-16/h2-10H,11,19-20H2,1H3,(H,23,25). The highest BCUT2D eigenvalue weighted by atomic mass is 15.0. The number of allylic oxidation sites excluding steroid dienone is 1. The van der Waals surface area contributed by atoms with Gasteiger partial charge < -0.3 is 16.8 Å². The van der Waals surface area contributed by atoms with Crippen LogP contribution in [0.5, 0.6) is 0 Å². The minimum atomic E-state index is 0.495. The monoisotopic (exact) mass is 333 g/mol. The van der Waals surface area contributed by atoms with E-state index >= 15 is 0 Å². The Kier molecular flexibility index (Phi) is 4.84. The number of nitrogens with one attached hydrogen (secondary N) is 1. The number of nitrogens with two attached hydrogens (primary N) is 2. The quantitative estimate of drug-likeness (QED) is 0.617. The Labute approximate surface area is 145 Å². The third kappa shape index (κ3) is 3.72. The molecule has 0 bridgehead atoms. The lowest BCUT2D eigenvalue weighted by Crippen LogP contribution is -2.07. The number of aliphatic imine (C=N–C) groups is 1. The van der Waals surface area contributed by atoms with Gasteiger partial charge in [0, 0.05) is 31.2 Å². The maximum atomic E-state index is 6.02. The summed E-state index contributed by atoms with van der Waals surface area (Å²) in [6, 6.07) is 11.3. The van der Waals surface area contributed by atoms with E-state index in [4.69, 9.17) is 11.5 Å². The van der Waals surface area contributed by atoms with Gasteiger partial charge in [0.25, 0.3) is 0 Å². The van der Waals surface area contributed by atoms with Crippen LogP contribution in [0.3, 0.4) is 0 Å². The highest BCUT2D eigenvalue weighted by molar-refractivity contribution is 6.09. The van der Waals surface area contributed by atoms with Gasteiger partial charge in [0.2, 0.25) is 0 Å². The highest BCUT2D eigenvalue weighted by Crippen LogP contribution is 2.20. The third-order valence-corrected chi connectivity index (χ3v) is 3.62. The summed E-state index contributed by atoms with van der Waals surface area (Å²) in [6.07, 6.45) is 4.87. The largest absolute Gasteiger partial charge is 0.404 e. The molecule has 25 heavy (non-hydrogen) atoms. The molecular weight excluding hydrogens is 314 g/mol. The summed E-state index contributed by atoms with van der Waals surface area (Å²) >= 11 is 0. The van der Waals surface area contributed by atoms with Crippen molar-refractivity contribution in [2.75, 3.05) is 18.1 Å². The predicted molar refractivity (Wildman–Crippen MR) is 102 cm³/mol. The molecule has 3 heterocycles. The maximum Gasteiger partial charge on any atom is 0.150 e. The molecule has 5 N–H and O–H groups in total. The molecule has 3 rings (SSSR count). The number of fused-ring (bicyclic) bond motifs is 1. The van der Waals surface area contributed by atoms with E-state index < -0.39 is 0 Å². The Hall–Kier alpha value is -3.48. The summed E-state index contributed by atoms with van der Waals surface area (Å²) in [4.78, 5) is 17.3. The molecule has 3 aromatic rings. The molecule has 0 radical (unpaired) electrons. The Morgan fingerprint density at radius 2 is 2.04 bits per heavy atom. The fourth-order valence-electron chi connectivity index (χ4n) is 2.38. The summed E-state index contributed by atoms with van der Waals surface area (Å²) in [7, 11) is 1.68. The first-order valence-electron chi connectivity index (χ1n) is 7.76. The van der Waals surface area contributed by atoms with Gasteiger partial charge in [0.1, 0.15) is 5.82 Å². The number of rotatable bonds is 5. The van der Waals surface area contributed by atoms with Gasteiger partial charge in [0.05, 0.1) is 34.7 Å². The van der Waals surface area contributed by atoms with Crippen LogP contribution in [0.2, 0.25) is 0 Å². The normalized spacial score (nSPS) is 12.0. The minimum absolute atomic E-state index is 0.495. The molecular formula is C18H19N7. The summed E-state index contributed by atoms with van der Waals surface area (Å²) in [5, 5.41) is 3.22. The molecule has 0 unspecified atom stereocenters. The second-order valence-corrected chi connectivity index (χ2v) is 5.34. The average molecular weight is 333 g/mol. The van der Waals surface area contributed by atoms with Crippen molar-refractivity contribution in [2.45, 2.75) is 6.54 Å². The molecule has 0 fully saturated rings. The molecule has 3 aromatic heterocycles. The van der Waals surface area contributed by atoms with Crippen molar-refractivity contribution in [3.8, 4) is 0 Å². The molecule has 0 aliphatic carbocycles. The maximum absolute atomic E-state index is 6.02. The van der Waals surface area contributed by atoms with Crippen LogP contribution < -0.4 is 16.8 Å². The molecule has 126 valence electrons. The molecule has 0 saturated heterocycles. The van der Waals surface area contributed by atoms with E-state index in [-0.39, 0.29) is 0 Å². The van der Waals surface area contributed by atoms with Crippen molar-refractivity contribution in [1.82, 2.24) is 15.0 Å². The smallest absolute Gasteiger partial charge is 0.150 e. The van der Waals surface area contributed by atoms with E-state index in [0.29, 0.717) is 23.7 Å². The molecule has 0 aliphatic rings. The number of aromatic nitrogens is 3. The van der Waals surface area contributed by atoms with Gasteiger partial charge in [-0.1, -0.05) is 0 Å². The van der Waals surface area contributed by atoms with E-state index in [0.717, 1.165) is 22.3 Å². The first-order valence-corrected chi connectivity index (χ1v) is 7.76. The van der Waals surface area contributed by atoms with E-state index in [9.17, 15) is 0 Å². The van der Waals surface area contributed by atoms with Gasteiger partial charge in [-0.3, -0.25) is 9.98 Å². The summed E-state index contributed by atoms with van der Waals surface area (Å²) in [5.41, 5.74) is 16.2. The predicted octanol–water partition coefficient (Wildman–Crippen LogP) is 2.22. The Morgan fingerprint density at radius 3 is 2.84 bits per heavy atom. The number of hydrogen-bond acceptors (Lipinski definition) is 7. The van der Waals surface area contributed by atoms with Gasteiger partial charge in [-0.05, 0) is 36.4 Å². The molecule has 0 aliphatic heterocycles. The number of hydrogen-bond donors (Lipinski definition) is 3. The number of nitrogen functional groups attached to an aromatic ring is 1. The lowest BCUT2D eigenvalue weighted by atomic mass is 10.2. The summed E-state index contributed by atoms with van der Waals surface area (Å²) in [5.74, 6) is 0.578. The van der Waals surface area contributed by atoms with Crippen molar-refractivity contribution in [3.05, 3.63) is 60.2 Å². The molecule has 0 atom stereocenters. The first-order chi connectivity index (χ1) is 12.2. The van der Waals surface area contributed by atoms with Gasteiger partial charge >= 0.3 is 0 Å². The summed E-state index contributed by atoms with van der Waals surface area (Å²) < 4.78 is 0. The Morgan fingerprint density at radius 1 is 1.16 bits per heavy atom. The van der Waals surface area contributed by atoms with Crippen LogP contribution in [0.4, 0.5) is 11.5 Å². The van der Waals surface area contributed by atoms with Crippen LogP contribution in [0.25, 0.3) is 16.6 Å². The van der Waals surface area contributed by atoms with Crippen LogP contribution in [0.15, 0.2) is 53.8 Å². The van der Waals surface area contributed by atoms with Crippen molar-refractivity contribution in [1.29, 1.82) is 0 Å². The summed E-state index contributed by atoms with van der Waals surface area (Å²) in [6.45, 7) is 0.495. The van der Waals surface area contributed by atoms with Crippen molar-refractivity contribution in [2.24, 2.45) is 10.7 Å². The zero-order valence-electron chi connectivity index (χ0n) is 13.8. The fraction of sp³-hybridized carbons (Fsp3) is 0.111. The topological polar surface area (TPSA) is 115 Å². The third-order valence-electron chi connectivity index (χ3n) is 3.62. The van der Waals surface area contributed by atoms with Gasteiger partial charge in [-0.2, -0.15) is 0 Å². The zero-order chi connectivity index (χ0) is 17.6. The van der Waals surface area contributed by atoms with E-state index in [1.165, 1.54) is 6.20 Å². The number of pyridine rings is 3. The molecule has 0 saturated carbocycles. The van der Waals surface area contributed by atoms with E-state index in [1.807, 2.05) is 24.3 Å². The Balaban J connectivity index is 1.82. The van der Waals surface area contributed by atoms with Crippen molar-refractivity contribution >= 4 is 34.3 Å². The molecule has 7 heteroatoms. The van der Waals surface area contributed by atoms with E-state index in [1.54, 1.807) is 31.6 Å². The number of nitrogens with zero attached hydrogens (tertiary/aromatic N) is 4. The van der Waals surface area contributed by atoms with Gasteiger partial charge in [0.15, 0.2) is 0 Å². The second kappa shape index (κ2) is 7.39. The lowest BCUT2D eigenvalue weighted by molar-refractivity contribution is 1.04. The van der Waals surface area contributed by atoms with Crippen LogP contribution >= 0.6 is 0 Å². The van der Waals surface area contributed by atoms with Crippen molar-refractivity contribution < 1.29 is 0 Å².